The fourth-order valence-corrected chi connectivity index (χ4v) is 1.51. The molecule has 4 heteroatoms. The summed E-state index contributed by atoms with van der Waals surface area (Å²) in [6.45, 7) is 3.90. The summed E-state index contributed by atoms with van der Waals surface area (Å²) in [6.07, 6.45) is 1.62. The zero-order valence-electron chi connectivity index (χ0n) is 9.43. The summed E-state index contributed by atoms with van der Waals surface area (Å²) in [5.41, 5.74) is -0.0132. The van der Waals surface area contributed by atoms with Crippen molar-refractivity contribution in [1.29, 1.82) is 0 Å². The highest BCUT2D eigenvalue weighted by atomic mass is 16.5. The van der Waals surface area contributed by atoms with Gasteiger partial charge in [0.2, 0.25) is 0 Å². The maximum atomic E-state index is 11.4. The van der Waals surface area contributed by atoms with Crippen molar-refractivity contribution in [3.05, 3.63) is 47.3 Å². The highest BCUT2D eigenvalue weighted by Gasteiger charge is 2.07. The van der Waals surface area contributed by atoms with E-state index >= 15 is 0 Å². The first kappa shape index (κ1) is 11.3. The van der Waals surface area contributed by atoms with Gasteiger partial charge in [-0.05, 0) is 12.1 Å². The summed E-state index contributed by atoms with van der Waals surface area (Å²) in [5.74, 6) is 1.11. The van der Waals surface area contributed by atoms with Crippen molar-refractivity contribution < 1.29 is 13.9 Å². The van der Waals surface area contributed by atoms with Crippen molar-refractivity contribution in [1.82, 2.24) is 0 Å². The van der Waals surface area contributed by atoms with E-state index in [0.717, 1.165) is 5.39 Å². The lowest BCUT2D eigenvalue weighted by Gasteiger charge is -2.07. The molecular formula is C13H12O4. The van der Waals surface area contributed by atoms with Crippen molar-refractivity contribution in [2.24, 2.45) is 0 Å². The lowest BCUT2D eigenvalue weighted by molar-refractivity contribution is 0.363. The van der Waals surface area contributed by atoms with Gasteiger partial charge in [0.1, 0.15) is 23.7 Å². The molecule has 88 valence electrons. The second kappa shape index (κ2) is 4.74. The Morgan fingerprint density at radius 3 is 2.94 bits per heavy atom. The molecule has 0 unspecified atom stereocenters. The van der Waals surface area contributed by atoms with Crippen LogP contribution in [0, 0.1) is 0 Å². The Kier molecular flexibility index (Phi) is 3.14. The molecule has 0 radical (unpaired) electrons. The molecule has 1 aromatic heterocycles. The molecule has 0 fully saturated rings. The Bertz CT molecular complexity index is 598. The van der Waals surface area contributed by atoms with Gasteiger partial charge in [0, 0.05) is 6.07 Å². The average Bonchev–Trinajstić information content (AvgIpc) is 2.34. The van der Waals surface area contributed by atoms with E-state index in [-0.39, 0.29) is 0 Å². The Morgan fingerprint density at radius 2 is 2.24 bits per heavy atom. The lowest BCUT2D eigenvalue weighted by Crippen LogP contribution is -2.01. The second-order valence-corrected chi connectivity index (χ2v) is 3.39. The highest BCUT2D eigenvalue weighted by Crippen LogP contribution is 2.27. The molecule has 1 heterocycles. The van der Waals surface area contributed by atoms with Crippen LogP contribution in [-0.2, 0) is 0 Å². The van der Waals surface area contributed by atoms with Crippen LogP contribution in [0.25, 0.3) is 11.0 Å². The number of ether oxygens (including phenoxy) is 2. The predicted molar refractivity (Wildman–Crippen MR) is 64.7 cm³/mol. The standard InChI is InChI=1S/C13H12O4/c1-3-6-16-11-8-13(14)17-12-7-9(15-2)4-5-10(11)12/h3-5,7-8H,1,6H2,2H3. The molecule has 0 aliphatic heterocycles. The van der Waals surface area contributed by atoms with Crippen LogP contribution >= 0.6 is 0 Å². The van der Waals surface area contributed by atoms with Gasteiger partial charge in [-0.25, -0.2) is 4.79 Å². The second-order valence-electron chi connectivity index (χ2n) is 3.39. The maximum Gasteiger partial charge on any atom is 0.339 e. The molecule has 0 saturated carbocycles. The summed E-state index contributed by atoms with van der Waals surface area (Å²) in [4.78, 5) is 11.4. The Morgan fingerprint density at radius 1 is 1.41 bits per heavy atom. The zero-order chi connectivity index (χ0) is 12.3. The molecular weight excluding hydrogens is 220 g/mol. The van der Waals surface area contributed by atoms with Gasteiger partial charge >= 0.3 is 5.63 Å². The van der Waals surface area contributed by atoms with E-state index in [2.05, 4.69) is 6.58 Å². The molecule has 0 spiro atoms. The van der Waals surface area contributed by atoms with Crippen LogP contribution < -0.4 is 15.1 Å². The van der Waals surface area contributed by atoms with Gasteiger partial charge in [0.25, 0.3) is 0 Å². The molecule has 4 nitrogen and oxygen atoms in total. The van der Waals surface area contributed by atoms with Crippen molar-refractivity contribution in [3.63, 3.8) is 0 Å². The van der Waals surface area contributed by atoms with E-state index in [4.69, 9.17) is 13.9 Å². The van der Waals surface area contributed by atoms with Gasteiger partial charge in [-0.2, -0.15) is 0 Å². The summed E-state index contributed by atoms with van der Waals surface area (Å²) >= 11 is 0. The molecule has 2 aromatic rings. The minimum atomic E-state index is -0.454. The predicted octanol–water partition coefficient (Wildman–Crippen LogP) is 2.37. The van der Waals surface area contributed by atoms with Gasteiger partial charge in [-0.15, -0.1) is 0 Å². The topological polar surface area (TPSA) is 48.7 Å². The van der Waals surface area contributed by atoms with Crippen molar-refractivity contribution >= 4 is 11.0 Å². The zero-order valence-corrected chi connectivity index (χ0v) is 9.43. The van der Waals surface area contributed by atoms with E-state index in [1.807, 2.05) is 0 Å². The third kappa shape index (κ3) is 2.30. The van der Waals surface area contributed by atoms with Gasteiger partial charge in [0.15, 0.2) is 0 Å². The molecule has 1 aromatic carbocycles. The van der Waals surface area contributed by atoms with E-state index < -0.39 is 5.63 Å². The summed E-state index contributed by atoms with van der Waals surface area (Å²) in [5, 5.41) is 0.729. The number of rotatable bonds is 4. The van der Waals surface area contributed by atoms with Crippen LogP contribution in [0.5, 0.6) is 11.5 Å². The minimum absolute atomic E-state index is 0.338. The first-order valence-electron chi connectivity index (χ1n) is 5.10. The SMILES string of the molecule is C=CCOc1cc(=O)oc2cc(OC)ccc12. The van der Waals surface area contributed by atoms with E-state index in [9.17, 15) is 4.79 Å². The fourth-order valence-electron chi connectivity index (χ4n) is 1.51. The van der Waals surface area contributed by atoms with Crippen molar-refractivity contribution in [3.8, 4) is 11.5 Å². The molecule has 0 amide bonds. The largest absolute Gasteiger partial charge is 0.497 e. The van der Waals surface area contributed by atoms with Crippen LogP contribution in [0.15, 0.2) is 46.1 Å². The normalized spacial score (nSPS) is 10.2. The van der Waals surface area contributed by atoms with Crippen LogP contribution in [0.3, 0.4) is 0 Å². The van der Waals surface area contributed by atoms with E-state index in [1.54, 1.807) is 31.4 Å². The number of hydrogen-bond acceptors (Lipinski definition) is 4. The van der Waals surface area contributed by atoms with Gasteiger partial charge in [-0.1, -0.05) is 12.7 Å². The summed E-state index contributed by atoms with van der Waals surface area (Å²) < 4.78 is 15.6. The Hall–Kier alpha value is -2.23. The van der Waals surface area contributed by atoms with E-state index in [1.165, 1.54) is 6.07 Å². The quantitative estimate of drug-likeness (QED) is 0.599. The monoisotopic (exact) mass is 232 g/mol. The number of hydrogen-bond donors (Lipinski definition) is 0. The van der Waals surface area contributed by atoms with E-state index in [0.29, 0.717) is 23.7 Å². The minimum Gasteiger partial charge on any atom is -0.497 e. The molecule has 0 bridgehead atoms. The lowest BCUT2D eigenvalue weighted by atomic mass is 10.2. The number of benzene rings is 1. The molecule has 0 N–H and O–H groups in total. The average molecular weight is 232 g/mol. The third-order valence-corrected chi connectivity index (χ3v) is 2.27. The van der Waals surface area contributed by atoms with Crippen LogP contribution in [-0.4, -0.2) is 13.7 Å². The van der Waals surface area contributed by atoms with Gasteiger partial charge in [0.05, 0.1) is 18.6 Å². The molecule has 0 aliphatic rings. The van der Waals surface area contributed by atoms with Gasteiger partial charge < -0.3 is 13.9 Å². The first-order valence-corrected chi connectivity index (χ1v) is 5.10. The molecule has 0 saturated heterocycles. The number of methoxy groups -OCH3 is 1. The Labute approximate surface area is 98.1 Å². The summed E-state index contributed by atoms with van der Waals surface area (Å²) in [6, 6.07) is 6.54. The Balaban J connectivity index is 2.59. The van der Waals surface area contributed by atoms with Crippen LogP contribution in [0.4, 0.5) is 0 Å². The third-order valence-electron chi connectivity index (χ3n) is 2.27. The van der Waals surface area contributed by atoms with Crippen LogP contribution in [0.1, 0.15) is 0 Å². The summed E-state index contributed by atoms with van der Waals surface area (Å²) in [7, 11) is 1.55. The smallest absolute Gasteiger partial charge is 0.339 e. The van der Waals surface area contributed by atoms with Crippen molar-refractivity contribution in [2.75, 3.05) is 13.7 Å². The van der Waals surface area contributed by atoms with Crippen molar-refractivity contribution in [2.45, 2.75) is 0 Å². The highest BCUT2D eigenvalue weighted by molar-refractivity contribution is 5.84. The number of fused-ring (bicyclic) bond motifs is 1. The molecule has 0 atom stereocenters. The fraction of sp³-hybridized carbons (Fsp3) is 0.154. The van der Waals surface area contributed by atoms with Crippen LogP contribution in [0.2, 0.25) is 0 Å². The maximum absolute atomic E-state index is 11.4. The van der Waals surface area contributed by atoms with Gasteiger partial charge in [-0.3, -0.25) is 0 Å². The molecule has 2 rings (SSSR count). The first-order chi connectivity index (χ1) is 8.24. The molecule has 0 aliphatic carbocycles. The molecule has 17 heavy (non-hydrogen) atoms.